The van der Waals surface area contributed by atoms with E-state index in [1.54, 1.807) is 27.7 Å². The van der Waals surface area contributed by atoms with Crippen LogP contribution in [0.15, 0.2) is 48.5 Å². The van der Waals surface area contributed by atoms with Crippen molar-refractivity contribution < 1.29 is 35.9 Å². The van der Waals surface area contributed by atoms with Crippen LogP contribution in [0.4, 0.5) is 23.2 Å². The third-order valence-electron chi connectivity index (χ3n) is 3.86. The van der Waals surface area contributed by atoms with Crippen molar-refractivity contribution >= 4 is 24.9 Å². The zero-order chi connectivity index (χ0) is 24.1. The Labute approximate surface area is 189 Å². The summed E-state index contributed by atoms with van der Waals surface area (Å²) in [6.45, 7) is 6.70. The van der Waals surface area contributed by atoms with E-state index in [0.29, 0.717) is 5.56 Å². The Balaban J connectivity index is 2.46. The minimum absolute atomic E-state index is 0.192. The van der Waals surface area contributed by atoms with Gasteiger partial charge in [-0.25, -0.2) is 8.78 Å². The van der Waals surface area contributed by atoms with E-state index in [-0.39, 0.29) is 11.4 Å². The SMILES string of the molecule is CC(C)OP(=O)(OC(C)C)C(Nc1cccc(OC(F)(F)C(F)Cl)c1)c1ccc(F)cc1. The van der Waals surface area contributed by atoms with Crippen LogP contribution < -0.4 is 10.1 Å². The molecular formula is C21H25ClF4NO4P. The summed E-state index contributed by atoms with van der Waals surface area (Å²) in [5.74, 6) is -2.01. The number of nitrogens with one attached hydrogen (secondary N) is 1. The van der Waals surface area contributed by atoms with Crippen LogP contribution in [0.25, 0.3) is 0 Å². The second-order valence-corrected chi connectivity index (χ2v) is 9.84. The van der Waals surface area contributed by atoms with E-state index in [1.165, 1.54) is 42.5 Å². The smallest absolute Gasteiger partial charge is 0.429 e. The minimum atomic E-state index is -4.26. The zero-order valence-electron chi connectivity index (χ0n) is 17.9. The fourth-order valence-corrected chi connectivity index (χ4v) is 5.09. The van der Waals surface area contributed by atoms with Crippen LogP contribution in [0.1, 0.15) is 39.0 Å². The summed E-state index contributed by atoms with van der Waals surface area (Å²) in [6, 6.07) is 10.4. The Hall–Kier alpha value is -1.80. The molecule has 0 aliphatic heterocycles. The number of rotatable bonds is 11. The Morgan fingerprint density at radius 2 is 1.56 bits per heavy atom. The molecule has 0 fully saturated rings. The first-order valence-electron chi connectivity index (χ1n) is 9.76. The van der Waals surface area contributed by atoms with Gasteiger partial charge in [-0.2, -0.15) is 8.78 Å². The molecule has 2 aromatic carbocycles. The summed E-state index contributed by atoms with van der Waals surface area (Å²) in [6.07, 6.45) is -5.22. The van der Waals surface area contributed by atoms with Crippen molar-refractivity contribution in [2.24, 2.45) is 0 Å². The maximum Gasteiger partial charge on any atom is 0.444 e. The number of anilines is 1. The molecule has 0 saturated heterocycles. The van der Waals surface area contributed by atoms with Crippen LogP contribution in [-0.2, 0) is 13.6 Å². The van der Waals surface area contributed by atoms with Crippen LogP contribution >= 0.6 is 19.2 Å². The van der Waals surface area contributed by atoms with Crippen molar-refractivity contribution in [1.29, 1.82) is 0 Å². The molecule has 178 valence electrons. The van der Waals surface area contributed by atoms with Gasteiger partial charge in [-0.05, 0) is 57.5 Å². The Bertz CT molecular complexity index is 914. The Kier molecular flexibility index (Phi) is 8.99. The van der Waals surface area contributed by atoms with Crippen molar-refractivity contribution in [1.82, 2.24) is 0 Å². The minimum Gasteiger partial charge on any atom is -0.429 e. The number of alkyl halides is 4. The lowest BCUT2D eigenvalue weighted by Gasteiger charge is -2.31. The molecule has 0 aromatic heterocycles. The van der Waals surface area contributed by atoms with Crippen LogP contribution in [0.5, 0.6) is 5.75 Å². The molecule has 0 heterocycles. The van der Waals surface area contributed by atoms with E-state index in [4.69, 9.17) is 20.6 Å². The summed E-state index contributed by atoms with van der Waals surface area (Å²) < 4.78 is 83.0. The molecule has 0 aliphatic rings. The molecule has 32 heavy (non-hydrogen) atoms. The summed E-state index contributed by atoms with van der Waals surface area (Å²) in [5, 5.41) is 2.93. The van der Waals surface area contributed by atoms with E-state index in [1.807, 2.05) is 0 Å². The average molecular weight is 498 g/mol. The number of hydrogen-bond donors (Lipinski definition) is 1. The lowest BCUT2D eigenvalue weighted by molar-refractivity contribution is -0.199. The van der Waals surface area contributed by atoms with Gasteiger partial charge in [0.05, 0.1) is 12.2 Å². The van der Waals surface area contributed by atoms with Crippen LogP contribution in [0, 0.1) is 5.82 Å². The lowest BCUT2D eigenvalue weighted by Crippen LogP contribution is -2.32. The molecule has 1 N–H and O–H groups in total. The predicted molar refractivity (Wildman–Crippen MR) is 116 cm³/mol. The van der Waals surface area contributed by atoms with Crippen LogP contribution in [0.3, 0.4) is 0 Å². The highest BCUT2D eigenvalue weighted by molar-refractivity contribution is 7.54. The van der Waals surface area contributed by atoms with Gasteiger partial charge in [0.2, 0.25) is 0 Å². The Morgan fingerprint density at radius 1 is 1.00 bits per heavy atom. The number of halogens is 5. The van der Waals surface area contributed by atoms with E-state index in [2.05, 4.69) is 10.1 Å². The van der Waals surface area contributed by atoms with Crippen molar-refractivity contribution in [3.8, 4) is 5.75 Å². The molecule has 0 radical (unpaired) electrons. The van der Waals surface area contributed by atoms with Gasteiger partial charge in [-0.1, -0.05) is 29.8 Å². The van der Waals surface area contributed by atoms with E-state index in [9.17, 15) is 22.1 Å². The molecule has 0 amide bonds. The van der Waals surface area contributed by atoms with E-state index < -0.39 is 43.1 Å². The van der Waals surface area contributed by atoms with Gasteiger partial charge in [0.1, 0.15) is 11.6 Å². The number of benzene rings is 2. The Morgan fingerprint density at radius 3 is 2.06 bits per heavy atom. The highest BCUT2D eigenvalue weighted by atomic mass is 35.5. The van der Waals surface area contributed by atoms with Gasteiger partial charge in [0.25, 0.3) is 5.63 Å². The van der Waals surface area contributed by atoms with Crippen LogP contribution in [0.2, 0.25) is 0 Å². The normalized spacial score (nSPS) is 14.5. The van der Waals surface area contributed by atoms with E-state index >= 15 is 0 Å². The quantitative estimate of drug-likeness (QED) is 0.198. The molecule has 11 heteroatoms. The van der Waals surface area contributed by atoms with E-state index in [0.717, 1.165) is 6.07 Å². The van der Waals surface area contributed by atoms with Crippen molar-refractivity contribution in [3.63, 3.8) is 0 Å². The fraction of sp³-hybridized carbons (Fsp3) is 0.429. The molecule has 2 unspecified atom stereocenters. The molecular weight excluding hydrogens is 473 g/mol. The molecule has 0 spiro atoms. The molecule has 2 aromatic rings. The van der Waals surface area contributed by atoms with Crippen molar-refractivity contribution in [2.75, 3.05) is 5.32 Å². The molecule has 5 nitrogen and oxygen atoms in total. The number of hydrogen-bond acceptors (Lipinski definition) is 5. The van der Waals surface area contributed by atoms with Crippen molar-refractivity contribution in [3.05, 3.63) is 59.9 Å². The third-order valence-corrected chi connectivity index (χ3v) is 6.61. The largest absolute Gasteiger partial charge is 0.444 e. The van der Waals surface area contributed by atoms with Gasteiger partial charge >= 0.3 is 13.7 Å². The maximum absolute atomic E-state index is 13.8. The molecule has 2 rings (SSSR count). The summed E-state index contributed by atoms with van der Waals surface area (Å²) in [7, 11) is -3.92. The summed E-state index contributed by atoms with van der Waals surface area (Å²) >= 11 is 4.84. The first kappa shape index (κ1) is 26.5. The summed E-state index contributed by atoms with van der Waals surface area (Å²) in [4.78, 5) is 0. The average Bonchev–Trinajstić information content (AvgIpc) is 2.65. The topological polar surface area (TPSA) is 56.8 Å². The third kappa shape index (κ3) is 7.37. The highest BCUT2D eigenvalue weighted by Gasteiger charge is 2.42. The molecule has 0 saturated carbocycles. The maximum atomic E-state index is 13.8. The summed E-state index contributed by atoms with van der Waals surface area (Å²) in [5.41, 5.74) is -2.49. The van der Waals surface area contributed by atoms with Gasteiger partial charge in [-0.3, -0.25) is 4.57 Å². The zero-order valence-corrected chi connectivity index (χ0v) is 19.5. The second kappa shape index (κ2) is 10.9. The standard InChI is InChI=1S/C21H25ClF4NO4P/c1-13(2)30-32(28,31-14(3)4)19(15-8-10-16(23)11-9-15)27-17-6-5-7-18(12-17)29-21(25,26)20(22)24/h5-14,19-20,27H,1-4H3. The van der Waals surface area contributed by atoms with Gasteiger partial charge in [0.15, 0.2) is 5.78 Å². The van der Waals surface area contributed by atoms with Crippen LogP contribution in [-0.4, -0.2) is 23.9 Å². The van der Waals surface area contributed by atoms with Gasteiger partial charge in [0, 0.05) is 11.8 Å². The van der Waals surface area contributed by atoms with Crippen molar-refractivity contribution in [2.45, 2.75) is 57.4 Å². The van der Waals surface area contributed by atoms with Gasteiger partial charge < -0.3 is 19.1 Å². The molecule has 2 atom stereocenters. The second-order valence-electron chi connectivity index (χ2n) is 7.44. The molecule has 0 aliphatic carbocycles. The lowest BCUT2D eigenvalue weighted by atomic mass is 10.2. The predicted octanol–water partition coefficient (Wildman–Crippen LogP) is 7.49. The van der Waals surface area contributed by atoms with Gasteiger partial charge in [-0.15, -0.1) is 0 Å². The fourth-order valence-electron chi connectivity index (χ4n) is 2.73. The first-order chi connectivity index (χ1) is 14.8. The first-order valence-corrected chi connectivity index (χ1v) is 11.8. The molecule has 0 bridgehead atoms. The monoisotopic (exact) mass is 497 g/mol. The highest BCUT2D eigenvalue weighted by Crippen LogP contribution is 2.62. The number of ether oxygens (including phenoxy) is 1.